The number of nitrogens with one attached hydrogen (secondary N) is 3. The number of pyridine rings is 1. The number of hydrogen-bond donors (Lipinski definition) is 3. The van der Waals surface area contributed by atoms with E-state index < -0.39 is 21.6 Å². The summed E-state index contributed by atoms with van der Waals surface area (Å²) in [6.07, 6.45) is 8.88. The minimum absolute atomic E-state index is 0.0479. The van der Waals surface area contributed by atoms with Crippen LogP contribution in [-0.4, -0.2) is 59.8 Å². The fraction of sp³-hybridized carbons (Fsp3) is 0.658. The highest BCUT2D eigenvalue weighted by molar-refractivity contribution is 7.90. The SMILES string of the molecule is Cc1cccc(C)c1C1CC2NC(N1)NS(=O)(=O)C1CCCC(C1)CN(Cc1ccc3c(C4CC4)cn(C)c3n1)[C@H](CC(C)(C)C)CO2. The van der Waals surface area contributed by atoms with Gasteiger partial charge < -0.3 is 9.30 Å². The summed E-state index contributed by atoms with van der Waals surface area (Å²) in [6.45, 7) is 13.3. The van der Waals surface area contributed by atoms with Crippen LogP contribution < -0.4 is 15.4 Å². The smallest absolute Gasteiger partial charge is 0.216 e. The van der Waals surface area contributed by atoms with E-state index in [1.54, 1.807) is 0 Å². The molecule has 262 valence electrons. The minimum atomic E-state index is -3.58. The van der Waals surface area contributed by atoms with Crippen LogP contribution in [0, 0.1) is 25.2 Å². The second-order valence-electron chi connectivity index (χ2n) is 16.5. The summed E-state index contributed by atoms with van der Waals surface area (Å²) in [7, 11) is -1.47. The number of benzene rings is 1. The van der Waals surface area contributed by atoms with Gasteiger partial charge in [-0.3, -0.25) is 15.5 Å². The van der Waals surface area contributed by atoms with Crippen LogP contribution in [0.5, 0.6) is 0 Å². The Morgan fingerprint density at radius 3 is 2.50 bits per heavy atom. The largest absolute Gasteiger partial charge is 0.362 e. The van der Waals surface area contributed by atoms with Gasteiger partial charge >= 0.3 is 0 Å². The quantitative estimate of drug-likeness (QED) is 0.300. The van der Waals surface area contributed by atoms with E-state index in [1.165, 1.54) is 40.5 Å². The van der Waals surface area contributed by atoms with Crippen LogP contribution in [0.3, 0.4) is 0 Å². The zero-order valence-corrected chi connectivity index (χ0v) is 30.6. The average Bonchev–Trinajstić information content (AvgIpc) is 3.81. The molecule has 4 bridgehead atoms. The Hall–Kier alpha value is -2.34. The molecule has 10 heteroatoms. The van der Waals surface area contributed by atoms with E-state index >= 15 is 0 Å². The summed E-state index contributed by atoms with van der Waals surface area (Å²) < 4.78 is 40.0. The summed E-state index contributed by atoms with van der Waals surface area (Å²) >= 11 is 0. The molecule has 6 atom stereocenters. The van der Waals surface area contributed by atoms with E-state index in [4.69, 9.17) is 9.72 Å². The lowest BCUT2D eigenvalue weighted by molar-refractivity contribution is -0.0517. The molecule has 4 heterocycles. The van der Waals surface area contributed by atoms with Crippen LogP contribution in [0.2, 0.25) is 0 Å². The zero-order valence-electron chi connectivity index (χ0n) is 29.8. The average molecular weight is 677 g/mol. The van der Waals surface area contributed by atoms with Gasteiger partial charge in [-0.2, -0.15) is 4.72 Å². The zero-order chi connectivity index (χ0) is 33.8. The maximum atomic E-state index is 14.0. The lowest BCUT2D eigenvalue weighted by Crippen LogP contribution is -2.64. The van der Waals surface area contributed by atoms with E-state index in [0.717, 1.165) is 37.1 Å². The van der Waals surface area contributed by atoms with E-state index in [1.807, 2.05) is 0 Å². The molecule has 2 aliphatic heterocycles. The molecule has 2 saturated heterocycles. The van der Waals surface area contributed by atoms with Crippen LogP contribution >= 0.6 is 0 Å². The summed E-state index contributed by atoms with van der Waals surface area (Å²) in [5.41, 5.74) is 7.26. The highest BCUT2D eigenvalue weighted by Crippen LogP contribution is 2.43. The maximum absolute atomic E-state index is 14.0. The first-order valence-corrected chi connectivity index (χ1v) is 19.8. The first-order chi connectivity index (χ1) is 22.8. The third-order valence-corrected chi connectivity index (χ3v) is 13.0. The number of fused-ring (bicyclic) bond motifs is 5. The third-order valence-electron chi connectivity index (χ3n) is 11.2. The maximum Gasteiger partial charge on any atom is 0.216 e. The molecule has 2 aliphatic carbocycles. The Morgan fingerprint density at radius 2 is 1.77 bits per heavy atom. The van der Waals surface area contributed by atoms with Crippen LogP contribution in [0.4, 0.5) is 0 Å². The van der Waals surface area contributed by atoms with E-state index in [0.29, 0.717) is 38.3 Å². The fourth-order valence-corrected chi connectivity index (χ4v) is 10.4. The molecule has 7 rings (SSSR count). The van der Waals surface area contributed by atoms with Crippen LogP contribution in [0.15, 0.2) is 36.5 Å². The van der Waals surface area contributed by atoms with Gasteiger partial charge in [0.15, 0.2) is 0 Å². The Morgan fingerprint density at radius 1 is 1.00 bits per heavy atom. The molecular weight excluding hydrogens is 621 g/mol. The van der Waals surface area contributed by atoms with Gasteiger partial charge in [-0.1, -0.05) is 45.4 Å². The molecule has 4 fully saturated rings. The van der Waals surface area contributed by atoms with Gasteiger partial charge in [0, 0.05) is 50.2 Å². The molecule has 5 unspecified atom stereocenters. The Bertz CT molecular complexity index is 1710. The predicted molar refractivity (Wildman–Crippen MR) is 192 cm³/mol. The Kier molecular flexibility index (Phi) is 9.54. The van der Waals surface area contributed by atoms with E-state index in [2.05, 4.69) is 103 Å². The molecule has 0 spiro atoms. The van der Waals surface area contributed by atoms with Crippen molar-refractivity contribution in [2.24, 2.45) is 18.4 Å². The number of nitrogens with zero attached hydrogens (tertiary/aromatic N) is 3. The van der Waals surface area contributed by atoms with Crippen molar-refractivity contribution in [3.63, 3.8) is 0 Å². The normalized spacial score (nSPS) is 30.4. The molecule has 1 aromatic carbocycles. The van der Waals surface area contributed by atoms with Crippen molar-refractivity contribution in [3.05, 3.63) is 64.5 Å². The predicted octanol–water partition coefficient (Wildman–Crippen LogP) is 6.12. The fourth-order valence-electron chi connectivity index (χ4n) is 8.74. The minimum Gasteiger partial charge on any atom is -0.362 e. The van der Waals surface area contributed by atoms with Crippen LogP contribution in [0.1, 0.15) is 112 Å². The molecule has 2 aromatic heterocycles. The van der Waals surface area contributed by atoms with Crippen LogP contribution in [0.25, 0.3) is 11.0 Å². The van der Waals surface area contributed by atoms with Crippen molar-refractivity contribution in [1.82, 2.24) is 29.8 Å². The lowest BCUT2D eigenvalue weighted by Gasteiger charge is -2.41. The van der Waals surface area contributed by atoms with Gasteiger partial charge in [-0.15, -0.1) is 0 Å². The topological polar surface area (TPSA) is 101 Å². The summed E-state index contributed by atoms with van der Waals surface area (Å²) in [6, 6.07) is 11.0. The number of ether oxygens (including phenoxy) is 1. The summed E-state index contributed by atoms with van der Waals surface area (Å²) in [5.74, 6) is 0.961. The number of aryl methyl sites for hydroxylation is 3. The molecule has 0 amide bonds. The number of aromatic nitrogens is 2. The molecule has 4 aliphatic rings. The van der Waals surface area contributed by atoms with Crippen molar-refractivity contribution in [2.45, 2.75) is 128 Å². The molecule has 48 heavy (non-hydrogen) atoms. The molecule has 9 nitrogen and oxygen atoms in total. The molecular formula is C38H56N6O3S. The Balaban J connectivity index is 1.23. The summed E-state index contributed by atoms with van der Waals surface area (Å²) in [5, 5.41) is 7.96. The molecule has 2 saturated carbocycles. The standard InChI is InChI=1S/C38H56N6O3S/c1-24-9-7-10-25(2)35(24)33-18-34-41-37(40-33)42-48(45,46)30-12-8-11-26(17-30)20-44(29(23-47-34)19-38(3,4)5)21-28-15-16-31-32(27-13-14-27)22-43(6)36(31)39-28/h7,9-10,15-16,22,26-27,29-30,33-34,37,40-42H,8,11-14,17-21,23H2,1-6H3/t26?,29-,30?,33?,34?,37?/m1/s1. The van der Waals surface area contributed by atoms with Crippen molar-refractivity contribution < 1.29 is 13.2 Å². The molecule has 3 N–H and O–H groups in total. The Labute approximate surface area is 287 Å². The first kappa shape index (κ1) is 34.1. The first-order valence-electron chi connectivity index (χ1n) is 18.2. The highest BCUT2D eigenvalue weighted by Gasteiger charge is 2.39. The van der Waals surface area contributed by atoms with E-state index in [9.17, 15) is 8.42 Å². The summed E-state index contributed by atoms with van der Waals surface area (Å²) in [4.78, 5) is 7.82. The third kappa shape index (κ3) is 7.54. The van der Waals surface area contributed by atoms with E-state index in [-0.39, 0.29) is 29.6 Å². The second-order valence-corrected chi connectivity index (χ2v) is 18.5. The van der Waals surface area contributed by atoms with Crippen LogP contribution in [-0.2, 0) is 28.4 Å². The second kappa shape index (κ2) is 13.4. The van der Waals surface area contributed by atoms with Gasteiger partial charge in [-0.25, -0.2) is 13.4 Å². The molecule has 3 aromatic rings. The van der Waals surface area contributed by atoms with Gasteiger partial charge in [0.05, 0.1) is 17.6 Å². The number of rotatable bonds is 5. The van der Waals surface area contributed by atoms with Crippen molar-refractivity contribution in [2.75, 3.05) is 13.2 Å². The molecule has 0 radical (unpaired) electrons. The lowest BCUT2D eigenvalue weighted by atomic mass is 9.85. The number of sulfonamides is 1. The van der Waals surface area contributed by atoms with Crippen molar-refractivity contribution in [3.8, 4) is 0 Å². The van der Waals surface area contributed by atoms with Gasteiger partial charge in [0.25, 0.3) is 0 Å². The highest BCUT2D eigenvalue weighted by atomic mass is 32.2. The van der Waals surface area contributed by atoms with Crippen molar-refractivity contribution in [1.29, 1.82) is 0 Å². The van der Waals surface area contributed by atoms with Gasteiger partial charge in [0.2, 0.25) is 10.0 Å². The number of hydrogen-bond acceptors (Lipinski definition) is 7. The monoisotopic (exact) mass is 676 g/mol. The van der Waals surface area contributed by atoms with Crippen molar-refractivity contribution >= 4 is 21.1 Å². The van der Waals surface area contributed by atoms with Gasteiger partial charge in [0.1, 0.15) is 18.2 Å². The van der Waals surface area contributed by atoms with Gasteiger partial charge in [-0.05, 0) is 104 Å².